The molecule has 1 heterocycles. The molecule has 25 heavy (non-hydrogen) atoms. The summed E-state index contributed by atoms with van der Waals surface area (Å²) in [7, 11) is 0. The zero-order valence-electron chi connectivity index (χ0n) is 13.1. The van der Waals surface area contributed by atoms with Gasteiger partial charge in [0, 0.05) is 10.7 Å². The predicted molar refractivity (Wildman–Crippen MR) is 88.9 cm³/mol. The Bertz CT molecular complexity index is 787. The average Bonchev–Trinajstić information content (AvgIpc) is 2.80. The molecule has 3 amide bonds. The van der Waals surface area contributed by atoms with Gasteiger partial charge >= 0.3 is 5.97 Å². The Balaban J connectivity index is 1.64. The van der Waals surface area contributed by atoms with Gasteiger partial charge in [0.15, 0.2) is 0 Å². The Labute approximate surface area is 148 Å². The van der Waals surface area contributed by atoms with Crippen molar-refractivity contribution in [2.75, 3.05) is 11.9 Å². The first-order chi connectivity index (χ1) is 11.9. The number of anilines is 1. The molecule has 0 radical (unpaired) electrons. The summed E-state index contributed by atoms with van der Waals surface area (Å²) in [5, 5.41) is 12.0. The van der Waals surface area contributed by atoms with Gasteiger partial charge in [0.25, 0.3) is 0 Å². The zero-order chi connectivity index (χ0) is 18.1. The van der Waals surface area contributed by atoms with E-state index in [1.165, 1.54) is 24.3 Å². The number of aromatic carboxylic acids is 1. The minimum absolute atomic E-state index is 0.0938. The van der Waals surface area contributed by atoms with E-state index in [1.807, 2.05) is 0 Å². The van der Waals surface area contributed by atoms with Crippen molar-refractivity contribution < 1.29 is 24.3 Å². The highest BCUT2D eigenvalue weighted by Gasteiger charge is 2.48. The predicted octanol–water partition coefficient (Wildman–Crippen LogP) is 1.84. The number of fused-ring (bicyclic) bond motifs is 1. The third-order valence-corrected chi connectivity index (χ3v) is 4.69. The highest BCUT2D eigenvalue weighted by atomic mass is 35.5. The molecule has 1 aliphatic carbocycles. The molecule has 130 valence electrons. The maximum Gasteiger partial charge on any atom is 0.335 e. The summed E-state index contributed by atoms with van der Waals surface area (Å²) in [6, 6.07) is 5.59. The molecule has 1 aromatic rings. The molecule has 3 rings (SSSR count). The number of amides is 3. The van der Waals surface area contributed by atoms with Crippen molar-refractivity contribution in [3.05, 3.63) is 40.9 Å². The third-order valence-electron chi connectivity index (χ3n) is 4.38. The van der Waals surface area contributed by atoms with Crippen molar-refractivity contribution in [3.63, 3.8) is 0 Å². The lowest BCUT2D eigenvalue weighted by atomic mass is 9.85. The molecule has 2 aliphatic rings. The number of hydrogen-bond donors (Lipinski definition) is 2. The molecular weight excluding hydrogens is 348 g/mol. The lowest BCUT2D eigenvalue weighted by molar-refractivity contribution is -0.142. The van der Waals surface area contributed by atoms with Crippen molar-refractivity contribution in [1.82, 2.24) is 4.90 Å². The van der Waals surface area contributed by atoms with Crippen LogP contribution in [0.15, 0.2) is 35.4 Å². The topological polar surface area (TPSA) is 104 Å². The van der Waals surface area contributed by atoms with Crippen LogP contribution in [0.3, 0.4) is 0 Å². The van der Waals surface area contributed by atoms with Crippen LogP contribution in [0, 0.1) is 11.8 Å². The molecular formula is C17H15ClN2O5. The number of carbonyl (C=O) groups is 4. The van der Waals surface area contributed by atoms with Gasteiger partial charge in [0.05, 0.1) is 17.4 Å². The molecule has 2 N–H and O–H groups in total. The molecule has 1 saturated heterocycles. The van der Waals surface area contributed by atoms with Crippen LogP contribution in [-0.2, 0) is 14.4 Å². The SMILES string of the molecule is O=C(CN1C(=O)[C@@H]2CC=C(Cl)C[C@H]2C1=O)Nc1ccc(C(=O)O)cc1. The molecule has 0 aromatic heterocycles. The number of likely N-dealkylation sites (tertiary alicyclic amines) is 1. The minimum Gasteiger partial charge on any atom is -0.478 e. The van der Waals surface area contributed by atoms with Crippen LogP contribution in [0.25, 0.3) is 0 Å². The first-order valence-electron chi connectivity index (χ1n) is 7.70. The normalized spacial score (nSPS) is 22.4. The maximum absolute atomic E-state index is 12.4. The van der Waals surface area contributed by atoms with E-state index in [-0.39, 0.29) is 23.9 Å². The van der Waals surface area contributed by atoms with Crippen LogP contribution in [0.2, 0.25) is 0 Å². The quantitative estimate of drug-likeness (QED) is 0.795. The van der Waals surface area contributed by atoms with Gasteiger partial charge in [-0.25, -0.2) is 4.79 Å². The fourth-order valence-electron chi connectivity index (χ4n) is 3.09. The Morgan fingerprint density at radius 1 is 1.16 bits per heavy atom. The monoisotopic (exact) mass is 362 g/mol. The summed E-state index contributed by atoms with van der Waals surface area (Å²) in [5.74, 6) is -3.27. The fraction of sp³-hybridized carbons (Fsp3) is 0.294. The summed E-state index contributed by atoms with van der Waals surface area (Å²) in [6.07, 6.45) is 2.47. The second kappa shape index (κ2) is 6.68. The van der Waals surface area contributed by atoms with Crippen molar-refractivity contribution in [2.45, 2.75) is 12.8 Å². The average molecular weight is 363 g/mol. The van der Waals surface area contributed by atoms with Crippen LogP contribution in [-0.4, -0.2) is 40.2 Å². The number of imide groups is 1. The van der Waals surface area contributed by atoms with E-state index in [0.29, 0.717) is 23.6 Å². The van der Waals surface area contributed by atoms with Gasteiger partial charge in [-0.15, -0.1) is 0 Å². The fourth-order valence-corrected chi connectivity index (χ4v) is 3.35. The van der Waals surface area contributed by atoms with Gasteiger partial charge in [-0.1, -0.05) is 17.7 Å². The molecule has 0 bridgehead atoms. The number of nitrogens with one attached hydrogen (secondary N) is 1. The lowest BCUT2D eigenvalue weighted by Gasteiger charge is -2.17. The van der Waals surface area contributed by atoms with E-state index in [2.05, 4.69) is 5.32 Å². The first kappa shape index (κ1) is 17.2. The van der Waals surface area contributed by atoms with Crippen LogP contribution in [0.1, 0.15) is 23.2 Å². The molecule has 0 unspecified atom stereocenters. The van der Waals surface area contributed by atoms with Crippen molar-refractivity contribution in [3.8, 4) is 0 Å². The summed E-state index contributed by atoms with van der Waals surface area (Å²) in [4.78, 5) is 48.6. The van der Waals surface area contributed by atoms with Gasteiger partial charge in [0.1, 0.15) is 6.54 Å². The van der Waals surface area contributed by atoms with Gasteiger partial charge in [0.2, 0.25) is 17.7 Å². The molecule has 0 saturated carbocycles. The number of rotatable bonds is 4. The number of halogens is 1. The van der Waals surface area contributed by atoms with Gasteiger partial charge < -0.3 is 10.4 Å². The van der Waals surface area contributed by atoms with E-state index >= 15 is 0 Å². The Morgan fingerprint density at radius 3 is 2.44 bits per heavy atom. The molecule has 1 aliphatic heterocycles. The summed E-state index contributed by atoms with van der Waals surface area (Å²) < 4.78 is 0. The highest BCUT2D eigenvalue weighted by molar-refractivity contribution is 6.30. The molecule has 1 aromatic carbocycles. The lowest BCUT2D eigenvalue weighted by Crippen LogP contribution is -2.38. The molecule has 1 fully saturated rings. The molecule has 8 heteroatoms. The smallest absolute Gasteiger partial charge is 0.335 e. The van der Waals surface area contributed by atoms with Gasteiger partial charge in [-0.05, 0) is 37.1 Å². The van der Waals surface area contributed by atoms with Gasteiger partial charge in [-0.3, -0.25) is 19.3 Å². The van der Waals surface area contributed by atoms with Crippen molar-refractivity contribution in [1.29, 1.82) is 0 Å². The van der Waals surface area contributed by atoms with E-state index in [0.717, 1.165) is 4.90 Å². The maximum atomic E-state index is 12.4. The Morgan fingerprint density at radius 2 is 1.80 bits per heavy atom. The van der Waals surface area contributed by atoms with Crippen molar-refractivity contribution in [2.24, 2.45) is 11.8 Å². The summed E-state index contributed by atoms with van der Waals surface area (Å²) >= 11 is 5.95. The largest absolute Gasteiger partial charge is 0.478 e. The summed E-state index contributed by atoms with van der Waals surface area (Å²) in [6.45, 7) is -0.372. The van der Waals surface area contributed by atoms with Crippen LogP contribution in [0.4, 0.5) is 5.69 Å². The summed E-state index contributed by atoms with van der Waals surface area (Å²) in [5.41, 5.74) is 0.479. The number of allylic oxidation sites excluding steroid dienone is 2. The molecule has 2 atom stereocenters. The molecule has 0 spiro atoms. The first-order valence-corrected chi connectivity index (χ1v) is 8.07. The number of carbonyl (C=O) groups excluding carboxylic acids is 3. The molecule has 7 nitrogen and oxygen atoms in total. The highest BCUT2D eigenvalue weighted by Crippen LogP contribution is 2.38. The number of benzene rings is 1. The van der Waals surface area contributed by atoms with Crippen molar-refractivity contribution >= 4 is 41.0 Å². The number of carboxylic acid groups (broad SMARTS) is 1. The van der Waals surface area contributed by atoms with E-state index in [9.17, 15) is 19.2 Å². The van der Waals surface area contributed by atoms with Gasteiger partial charge in [-0.2, -0.15) is 0 Å². The second-order valence-corrected chi connectivity index (χ2v) is 6.48. The van der Waals surface area contributed by atoms with E-state index < -0.39 is 23.7 Å². The third kappa shape index (κ3) is 3.41. The number of hydrogen-bond acceptors (Lipinski definition) is 4. The number of nitrogens with zero attached hydrogens (tertiary/aromatic N) is 1. The van der Waals surface area contributed by atoms with E-state index in [4.69, 9.17) is 16.7 Å². The Kier molecular flexibility index (Phi) is 4.59. The second-order valence-electron chi connectivity index (χ2n) is 6.00. The standard InChI is InChI=1S/C17H15ClN2O5/c18-10-3-6-12-13(7-10)16(23)20(15(12)22)8-14(21)19-11-4-1-9(2-5-11)17(24)25/h1-5,12-13H,6-8H2,(H,19,21)(H,24,25)/t12-,13-/m1/s1. The Hall–Kier alpha value is -2.67. The van der Waals surface area contributed by atoms with Crippen LogP contribution in [0.5, 0.6) is 0 Å². The number of carboxylic acids is 1. The minimum atomic E-state index is -1.07. The zero-order valence-corrected chi connectivity index (χ0v) is 13.8. The van der Waals surface area contributed by atoms with Crippen LogP contribution < -0.4 is 5.32 Å². The van der Waals surface area contributed by atoms with E-state index in [1.54, 1.807) is 6.08 Å². The van der Waals surface area contributed by atoms with Crippen LogP contribution >= 0.6 is 11.6 Å².